The van der Waals surface area contributed by atoms with Gasteiger partial charge < -0.3 is 15.4 Å². The monoisotopic (exact) mass is 212 g/mol. The third-order valence-corrected chi connectivity index (χ3v) is 2.29. The van der Waals surface area contributed by atoms with E-state index in [4.69, 9.17) is 10.5 Å². The van der Waals surface area contributed by atoms with Crippen LogP contribution in [0.15, 0.2) is 12.4 Å². The Morgan fingerprint density at radius 2 is 2.27 bits per heavy atom. The van der Waals surface area contributed by atoms with Gasteiger partial charge in [0.25, 0.3) is 0 Å². The number of rotatable bonds is 2. The summed E-state index contributed by atoms with van der Waals surface area (Å²) in [6.45, 7) is 2.44. The average molecular weight is 212 g/mol. The minimum absolute atomic E-state index is 0.00685. The van der Waals surface area contributed by atoms with E-state index in [0.29, 0.717) is 32.2 Å². The topological polar surface area (TPSA) is 64.3 Å². The Balaban J connectivity index is 2.06. The highest BCUT2D eigenvalue weighted by molar-refractivity contribution is 5.29. The highest BCUT2D eigenvalue weighted by atomic mass is 19.1. The molecule has 82 valence electrons. The van der Waals surface area contributed by atoms with Gasteiger partial charge in [-0.15, -0.1) is 0 Å². The Bertz CT molecular complexity index is 318. The number of anilines is 1. The first-order valence-electron chi connectivity index (χ1n) is 4.84. The Kier molecular flexibility index (Phi) is 3.08. The maximum atomic E-state index is 12.6. The van der Waals surface area contributed by atoms with Crippen molar-refractivity contribution in [2.45, 2.75) is 6.10 Å². The maximum Gasteiger partial charge on any atom is 0.225 e. The summed E-state index contributed by atoms with van der Waals surface area (Å²) in [4.78, 5) is 9.77. The molecule has 2 heterocycles. The van der Waals surface area contributed by atoms with Crippen LogP contribution in [0.1, 0.15) is 0 Å². The minimum Gasteiger partial charge on any atom is -0.373 e. The average Bonchev–Trinajstić information content (AvgIpc) is 2.30. The number of nitrogens with zero attached hydrogens (tertiary/aromatic N) is 3. The number of hydrogen-bond donors (Lipinski definition) is 1. The van der Waals surface area contributed by atoms with E-state index in [2.05, 4.69) is 9.97 Å². The Morgan fingerprint density at radius 1 is 1.53 bits per heavy atom. The summed E-state index contributed by atoms with van der Waals surface area (Å²) in [5, 5.41) is 0. The predicted octanol–water partition coefficient (Wildman–Crippen LogP) is -0.220. The smallest absolute Gasteiger partial charge is 0.225 e. The van der Waals surface area contributed by atoms with Gasteiger partial charge in [0.2, 0.25) is 5.95 Å². The third-order valence-electron chi connectivity index (χ3n) is 2.29. The van der Waals surface area contributed by atoms with Crippen molar-refractivity contribution in [3.63, 3.8) is 0 Å². The van der Waals surface area contributed by atoms with E-state index in [-0.39, 0.29) is 6.10 Å². The van der Waals surface area contributed by atoms with Crippen molar-refractivity contribution in [2.24, 2.45) is 5.73 Å². The highest BCUT2D eigenvalue weighted by Crippen LogP contribution is 2.11. The number of nitrogens with two attached hydrogens (primary N) is 1. The van der Waals surface area contributed by atoms with Crippen molar-refractivity contribution in [3.05, 3.63) is 18.2 Å². The molecule has 1 aliphatic heterocycles. The van der Waals surface area contributed by atoms with Gasteiger partial charge in [-0.2, -0.15) is 0 Å². The lowest BCUT2D eigenvalue weighted by Crippen LogP contribution is -2.46. The zero-order valence-electron chi connectivity index (χ0n) is 8.27. The van der Waals surface area contributed by atoms with Crippen LogP contribution >= 0.6 is 0 Å². The second kappa shape index (κ2) is 4.50. The molecule has 0 radical (unpaired) electrons. The largest absolute Gasteiger partial charge is 0.373 e. The SMILES string of the molecule is NCC1CN(c2ncc(F)cn2)CCO1. The van der Waals surface area contributed by atoms with Crippen LogP contribution in [0, 0.1) is 5.82 Å². The fraction of sp³-hybridized carbons (Fsp3) is 0.556. The molecular formula is C9H13FN4O. The second-order valence-electron chi connectivity index (χ2n) is 3.38. The van der Waals surface area contributed by atoms with Crippen molar-refractivity contribution in [3.8, 4) is 0 Å². The summed E-state index contributed by atoms with van der Waals surface area (Å²) in [5.74, 6) is 0.0977. The van der Waals surface area contributed by atoms with Crippen LogP contribution in [0.4, 0.5) is 10.3 Å². The molecule has 2 N–H and O–H groups in total. The van der Waals surface area contributed by atoms with Crippen LogP contribution in [0.5, 0.6) is 0 Å². The molecule has 5 nitrogen and oxygen atoms in total. The Morgan fingerprint density at radius 3 is 2.93 bits per heavy atom. The van der Waals surface area contributed by atoms with Gasteiger partial charge in [-0.1, -0.05) is 0 Å². The molecule has 0 aliphatic carbocycles. The molecule has 1 unspecified atom stereocenters. The highest BCUT2D eigenvalue weighted by Gasteiger charge is 2.20. The molecule has 1 fully saturated rings. The number of ether oxygens (including phenoxy) is 1. The molecule has 1 aliphatic rings. The van der Waals surface area contributed by atoms with Gasteiger partial charge in [0.1, 0.15) is 0 Å². The first-order chi connectivity index (χ1) is 7.29. The van der Waals surface area contributed by atoms with Gasteiger partial charge in [-0.3, -0.25) is 0 Å². The number of hydrogen-bond acceptors (Lipinski definition) is 5. The van der Waals surface area contributed by atoms with Gasteiger partial charge in [-0.05, 0) is 0 Å². The summed E-state index contributed by atoms with van der Waals surface area (Å²) in [7, 11) is 0. The molecule has 1 aromatic rings. The molecule has 1 saturated heterocycles. The molecule has 6 heteroatoms. The third kappa shape index (κ3) is 2.40. The van der Waals surface area contributed by atoms with Gasteiger partial charge in [0, 0.05) is 19.6 Å². The quantitative estimate of drug-likeness (QED) is 0.734. The summed E-state index contributed by atoms with van der Waals surface area (Å²) in [6, 6.07) is 0. The molecular weight excluding hydrogens is 199 g/mol. The lowest BCUT2D eigenvalue weighted by Gasteiger charge is -2.32. The van der Waals surface area contributed by atoms with Crippen molar-refractivity contribution in [1.82, 2.24) is 9.97 Å². The van der Waals surface area contributed by atoms with E-state index in [0.717, 1.165) is 12.4 Å². The van der Waals surface area contributed by atoms with Crippen LogP contribution in [0.2, 0.25) is 0 Å². The molecule has 1 atom stereocenters. The van der Waals surface area contributed by atoms with E-state index in [1.54, 1.807) is 0 Å². The molecule has 0 spiro atoms. The summed E-state index contributed by atoms with van der Waals surface area (Å²) in [6.07, 6.45) is 2.33. The van der Waals surface area contributed by atoms with Crippen molar-refractivity contribution in [2.75, 3.05) is 31.1 Å². The van der Waals surface area contributed by atoms with Crippen LogP contribution in [-0.4, -0.2) is 42.3 Å². The van der Waals surface area contributed by atoms with Gasteiger partial charge in [0.15, 0.2) is 5.82 Å². The van der Waals surface area contributed by atoms with Crippen molar-refractivity contribution in [1.29, 1.82) is 0 Å². The molecule has 0 bridgehead atoms. The zero-order valence-corrected chi connectivity index (χ0v) is 8.27. The summed E-state index contributed by atoms with van der Waals surface area (Å²) >= 11 is 0. The van der Waals surface area contributed by atoms with Crippen LogP contribution in [0.25, 0.3) is 0 Å². The van der Waals surface area contributed by atoms with E-state index >= 15 is 0 Å². The number of morpholine rings is 1. The van der Waals surface area contributed by atoms with Gasteiger partial charge >= 0.3 is 0 Å². The Labute approximate surface area is 87.1 Å². The normalized spacial score (nSPS) is 21.7. The molecule has 0 amide bonds. The standard InChI is InChI=1S/C9H13FN4O/c10-7-4-12-9(13-5-7)14-1-2-15-8(3-11)6-14/h4-5,8H,1-3,6,11H2. The van der Waals surface area contributed by atoms with E-state index in [1.807, 2.05) is 4.90 Å². The zero-order chi connectivity index (χ0) is 10.7. The molecule has 0 saturated carbocycles. The minimum atomic E-state index is -0.428. The Hall–Kier alpha value is -1.27. The lowest BCUT2D eigenvalue weighted by molar-refractivity contribution is 0.0460. The fourth-order valence-corrected chi connectivity index (χ4v) is 1.51. The van der Waals surface area contributed by atoms with Gasteiger partial charge in [-0.25, -0.2) is 14.4 Å². The van der Waals surface area contributed by atoms with Crippen LogP contribution in [0.3, 0.4) is 0 Å². The molecule has 0 aromatic carbocycles. The summed E-state index contributed by atoms with van der Waals surface area (Å²) in [5.41, 5.74) is 5.52. The first kappa shape index (κ1) is 10.3. The van der Waals surface area contributed by atoms with E-state index in [1.165, 1.54) is 0 Å². The fourth-order valence-electron chi connectivity index (χ4n) is 1.51. The van der Waals surface area contributed by atoms with Crippen molar-refractivity contribution < 1.29 is 9.13 Å². The number of halogens is 1. The number of aromatic nitrogens is 2. The molecule has 2 rings (SSSR count). The van der Waals surface area contributed by atoms with Crippen molar-refractivity contribution >= 4 is 5.95 Å². The lowest BCUT2D eigenvalue weighted by atomic mass is 10.3. The van der Waals surface area contributed by atoms with Crippen LogP contribution < -0.4 is 10.6 Å². The molecule has 1 aromatic heterocycles. The van der Waals surface area contributed by atoms with Gasteiger partial charge in [0.05, 0.1) is 25.1 Å². The maximum absolute atomic E-state index is 12.6. The second-order valence-corrected chi connectivity index (χ2v) is 3.38. The van der Waals surface area contributed by atoms with E-state index in [9.17, 15) is 4.39 Å². The first-order valence-corrected chi connectivity index (χ1v) is 4.84. The predicted molar refractivity (Wildman–Crippen MR) is 53.0 cm³/mol. The van der Waals surface area contributed by atoms with E-state index < -0.39 is 5.82 Å². The molecule has 15 heavy (non-hydrogen) atoms. The van der Waals surface area contributed by atoms with Crippen LogP contribution in [-0.2, 0) is 4.74 Å². The summed E-state index contributed by atoms with van der Waals surface area (Å²) < 4.78 is 18.0.